The fraction of sp³-hybridized carbons (Fsp3) is 0.423. The van der Waals surface area contributed by atoms with E-state index in [0.717, 1.165) is 17.4 Å². The molecule has 5 rings (SSSR count). The average molecular weight is 446 g/mol. The zero-order chi connectivity index (χ0) is 22.1. The fourth-order valence-corrected chi connectivity index (χ4v) is 5.88. The molecular weight excluding hydrogens is 414 g/mol. The highest BCUT2D eigenvalue weighted by atomic mass is 32.1. The summed E-state index contributed by atoms with van der Waals surface area (Å²) in [7, 11) is 0. The number of nitrogens with one attached hydrogen (secondary N) is 1. The van der Waals surface area contributed by atoms with Crippen molar-refractivity contribution in [2.24, 2.45) is 0 Å². The second-order valence-electron chi connectivity index (χ2n) is 9.10. The molecule has 0 radical (unpaired) electrons. The molecule has 0 spiro atoms. The van der Waals surface area contributed by atoms with Crippen LogP contribution in [-0.4, -0.2) is 30.6 Å². The van der Waals surface area contributed by atoms with E-state index < -0.39 is 0 Å². The predicted octanol–water partition coefficient (Wildman–Crippen LogP) is 5.25. The summed E-state index contributed by atoms with van der Waals surface area (Å²) in [5.41, 5.74) is 6.17. The van der Waals surface area contributed by atoms with Crippen molar-refractivity contribution >= 4 is 17.3 Å². The largest absolute Gasteiger partial charge is 0.352 e. The first-order valence-electron chi connectivity index (χ1n) is 11.7. The molecule has 1 N–H and O–H groups in total. The summed E-state index contributed by atoms with van der Waals surface area (Å²) in [5, 5.41) is 4.52. The van der Waals surface area contributed by atoms with Gasteiger partial charge in [0.2, 0.25) is 0 Å². The van der Waals surface area contributed by atoms with Gasteiger partial charge in [0.05, 0.1) is 17.8 Å². The van der Waals surface area contributed by atoms with Crippen LogP contribution in [0.1, 0.15) is 72.4 Å². The fourth-order valence-electron chi connectivity index (χ4n) is 5.50. The molecule has 1 aliphatic carbocycles. The van der Waals surface area contributed by atoms with Gasteiger partial charge in [-0.1, -0.05) is 31.4 Å². The van der Waals surface area contributed by atoms with Crippen molar-refractivity contribution in [1.29, 1.82) is 0 Å². The Labute approximate surface area is 195 Å². The Balaban J connectivity index is 1.56. The van der Waals surface area contributed by atoms with Gasteiger partial charge in [0.15, 0.2) is 5.11 Å². The number of aryl methyl sites for hydroxylation is 1. The Morgan fingerprint density at radius 3 is 2.62 bits per heavy atom. The highest BCUT2D eigenvalue weighted by molar-refractivity contribution is 7.80. The van der Waals surface area contributed by atoms with Crippen LogP contribution in [0.2, 0.25) is 0 Å². The van der Waals surface area contributed by atoms with Crippen LogP contribution in [0.4, 0.5) is 0 Å². The molecular formula is C26H31N5S. The maximum absolute atomic E-state index is 5.94. The molecule has 2 aliphatic rings. The summed E-state index contributed by atoms with van der Waals surface area (Å²) in [4.78, 5) is 11.5. The molecule has 6 heteroatoms. The van der Waals surface area contributed by atoms with Gasteiger partial charge in [-0.3, -0.25) is 9.97 Å². The van der Waals surface area contributed by atoms with Gasteiger partial charge in [-0.15, -0.1) is 0 Å². The summed E-state index contributed by atoms with van der Waals surface area (Å²) in [6.07, 6.45) is 12.0. The van der Waals surface area contributed by atoms with Gasteiger partial charge in [-0.05, 0) is 74.3 Å². The van der Waals surface area contributed by atoms with E-state index in [4.69, 9.17) is 17.2 Å². The third-order valence-electron chi connectivity index (χ3n) is 7.10. The van der Waals surface area contributed by atoms with E-state index in [0.29, 0.717) is 6.04 Å². The highest BCUT2D eigenvalue weighted by Crippen LogP contribution is 2.44. The Morgan fingerprint density at radius 1 is 1.06 bits per heavy atom. The second-order valence-corrected chi connectivity index (χ2v) is 9.49. The van der Waals surface area contributed by atoms with E-state index in [-0.39, 0.29) is 12.1 Å². The van der Waals surface area contributed by atoms with Crippen LogP contribution < -0.4 is 5.32 Å². The van der Waals surface area contributed by atoms with Crippen LogP contribution in [0.15, 0.2) is 55.0 Å². The first-order valence-corrected chi connectivity index (χ1v) is 12.1. The predicted molar refractivity (Wildman–Crippen MR) is 131 cm³/mol. The summed E-state index contributed by atoms with van der Waals surface area (Å²) in [6.45, 7) is 5.27. The maximum Gasteiger partial charge on any atom is 0.170 e. The molecule has 0 bridgehead atoms. The second kappa shape index (κ2) is 9.02. The Kier molecular flexibility index (Phi) is 5.96. The Bertz CT molecular complexity index is 1070. The van der Waals surface area contributed by atoms with Crippen LogP contribution in [0, 0.1) is 13.8 Å². The third kappa shape index (κ3) is 3.92. The van der Waals surface area contributed by atoms with Crippen LogP contribution in [0.5, 0.6) is 0 Å². The molecule has 166 valence electrons. The maximum atomic E-state index is 5.94. The van der Waals surface area contributed by atoms with Crippen LogP contribution in [0.3, 0.4) is 0 Å². The first-order chi connectivity index (χ1) is 15.6. The molecule has 32 heavy (non-hydrogen) atoms. The van der Waals surface area contributed by atoms with Gasteiger partial charge < -0.3 is 14.8 Å². The van der Waals surface area contributed by atoms with Gasteiger partial charge >= 0.3 is 0 Å². The van der Waals surface area contributed by atoms with Gasteiger partial charge in [0.25, 0.3) is 0 Å². The molecule has 1 saturated heterocycles. The summed E-state index contributed by atoms with van der Waals surface area (Å²) in [5.74, 6) is 0. The van der Waals surface area contributed by atoms with E-state index in [1.54, 1.807) is 0 Å². The minimum Gasteiger partial charge on any atom is -0.352 e. The van der Waals surface area contributed by atoms with Crippen molar-refractivity contribution in [1.82, 2.24) is 24.8 Å². The molecule has 3 aromatic rings. The Morgan fingerprint density at radius 2 is 1.91 bits per heavy atom. The molecule has 0 unspecified atom stereocenters. The van der Waals surface area contributed by atoms with Crippen LogP contribution in [-0.2, 0) is 6.54 Å². The number of nitrogens with zero attached hydrogens (tertiary/aromatic N) is 4. The van der Waals surface area contributed by atoms with Crippen LogP contribution >= 0.6 is 12.2 Å². The van der Waals surface area contributed by atoms with E-state index in [1.165, 1.54) is 54.6 Å². The van der Waals surface area contributed by atoms with Gasteiger partial charge in [0, 0.05) is 42.6 Å². The van der Waals surface area contributed by atoms with E-state index in [2.05, 4.69) is 57.9 Å². The van der Waals surface area contributed by atoms with Crippen molar-refractivity contribution in [2.75, 3.05) is 0 Å². The number of aromatic nitrogens is 3. The monoisotopic (exact) mass is 445 g/mol. The average Bonchev–Trinajstić information content (AvgIpc) is 3.32. The molecule has 0 aromatic carbocycles. The van der Waals surface area contributed by atoms with Crippen LogP contribution in [0.25, 0.3) is 0 Å². The number of thiocarbonyl (C=S) groups is 1. The highest BCUT2D eigenvalue weighted by Gasteiger charge is 2.44. The lowest BCUT2D eigenvalue weighted by Gasteiger charge is -2.37. The van der Waals surface area contributed by atoms with Crippen molar-refractivity contribution in [3.05, 3.63) is 83.2 Å². The van der Waals surface area contributed by atoms with E-state index in [1.807, 2.05) is 30.7 Å². The molecule has 3 aromatic heterocycles. The molecule has 5 nitrogen and oxygen atoms in total. The van der Waals surface area contributed by atoms with Crippen molar-refractivity contribution in [3.8, 4) is 0 Å². The molecule has 0 amide bonds. The zero-order valence-corrected chi connectivity index (χ0v) is 19.7. The number of pyridine rings is 2. The third-order valence-corrected chi connectivity index (χ3v) is 7.43. The normalized spacial score (nSPS) is 21.7. The summed E-state index contributed by atoms with van der Waals surface area (Å²) < 4.78 is 2.41. The molecule has 1 aliphatic heterocycles. The smallest absolute Gasteiger partial charge is 0.170 e. The van der Waals surface area contributed by atoms with Crippen molar-refractivity contribution in [2.45, 2.75) is 70.6 Å². The van der Waals surface area contributed by atoms with Gasteiger partial charge in [-0.2, -0.15) is 0 Å². The SMILES string of the molecule is Cc1cc([C@H]2[C@H](c3ccccn3)NC(=S)N2C2CCCCC2)c(C)n1Cc1cccnc1. The lowest BCUT2D eigenvalue weighted by molar-refractivity contribution is 0.196. The molecule has 2 atom stereocenters. The summed E-state index contributed by atoms with van der Waals surface area (Å²) in [6, 6.07) is 13.4. The number of rotatable bonds is 5. The van der Waals surface area contributed by atoms with Crippen molar-refractivity contribution < 1.29 is 0 Å². The minimum atomic E-state index is 0.0537. The first kappa shape index (κ1) is 21.1. The number of hydrogen-bond acceptors (Lipinski definition) is 3. The summed E-state index contributed by atoms with van der Waals surface area (Å²) >= 11 is 5.94. The Hall–Kier alpha value is -2.73. The molecule has 4 heterocycles. The lowest BCUT2D eigenvalue weighted by Crippen LogP contribution is -2.40. The minimum absolute atomic E-state index is 0.0537. The topological polar surface area (TPSA) is 46.0 Å². The standard InChI is InChI=1S/C26H31N5S/c1-18-15-22(19(2)30(18)17-20-9-8-13-27-16-20)25-24(23-12-6-7-14-28-23)29-26(32)31(25)21-10-4-3-5-11-21/h6-9,12-16,21,24-25H,3-5,10-11,17H2,1-2H3,(H,29,32)/t24-,25-/m0/s1. The van der Waals surface area contributed by atoms with Crippen molar-refractivity contribution in [3.63, 3.8) is 0 Å². The quantitative estimate of drug-likeness (QED) is 0.544. The lowest BCUT2D eigenvalue weighted by atomic mass is 9.90. The zero-order valence-electron chi connectivity index (χ0n) is 18.9. The van der Waals surface area contributed by atoms with E-state index in [9.17, 15) is 0 Å². The number of hydrogen-bond donors (Lipinski definition) is 1. The van der Waals surface area contributed by atoms with Gasteiger partial charge in [0.1, 0.15) is 0 Å². The van der Waals surface area contributed by atoms with Gasteiger partial charge in [-0.25, -0.2) is 0 Å². The molecule has 2 fully saturated rings. The van der Waals surface area contributed by atoms with E-state index >= 15 is 0 Å². The molecule has 1 saturated carbocycles.